The van der Waals surface area contributed by atoms with Crippen molar-refractivity contribution < 1.29 is 8.81 Å². The number of hydrogen-bond acceptors (Lipinski definition) is 4. The molecule has 0 saturated carbocycles. The molecule has 0 aliphatic heterocycles. The van der Waals surface area contributed by atoms with Crippen LogP contribution < -0.4 is 11.3 Å². The van der Waals surface area contributed by atoms with Crippen LogP contribution in [0.4, 0.5) is 4.39 Å². The monoisotopic (exact) mass is 274 g/mol. The third kappa shape index (κ3) is 1.99. The zero-order valence-corrected chi connectivity index (χ0v) is 11.2. The third-order valence-corrected chi connectivity index (χ3v) is 3.33. The van der Waals surface area contributed by atoms with Crippen LogP contribution in [0.15, 0.2) is 34.9 Å². The van der Waals surface area contributed by atoms with E-state index in [9.17, 15) is 4.39 Å². The molecule has 0 radical (unpaired) electrons. The van der Waals surface area contributed by atoms with Gasteiger partial charge >= 0.3 is 0 Å². The maximum absolute atomic E-state index is 13.7. The molecule has 1 unspecified atom stereocenters. The lowest BCUT2D eigenvalue weighted by atomic mass is 10.1. The highest BCUT2D eigenvalue weighted by molar-refractivity contribution is 5.78. The average molecular weight is 274 g/mol. The number of hydrogen-bond donors (Lipinski definition) is 2. The Kier molecular flexibility index (Phi) is 3.04. The van der Waals surface area contributed by atoms with Gasteiger partial charge in [0.15, 0.2) is 11.4 Å². The van der Waals surface area contributed by atoms with E-state index in [1.54, 1.807) is 22.9 Å². The highest BCUT2D eigenvalue weighted by atomic mass is 19.1. The van der Waals surface area contributed by atoms with E-state index in [1.165, 1.54) is 6.07 Å². The van der Waals surface area contributed by atoms with E-state index in [0.717, 1.165) is 11.3 Å². The summed E-state index contributed by atoms with van der Waals surface area (Å²) in [5, 5.41) is 4.99. The lowest BCUT2D eigenvalue weighted by Gasteiger charge is -2.11. The Labute approximate surface area is 115 Å². The highest BCUT2D eigenvalue weighted by Crippen LogP contribution is 2.30. The maximum Gasteiger partial charge on any atom is 0.169 e. The summed E-state index contributed by atoms with van der Waals surface area (Å²) in [7, 11) is 1.84. The van der Waals surface area contributed by atoms with Crippen molar-refractivity contribution in [3.05, 3.63) is 53.3 Å². The molecule has 0 amide bonds. The summed E-state index contributed by atoms with van der Waals surface area (Å²) in [4.78, 5) is 0. The second kappa shape index (κ2) is 4.73. The number of nitrogens with two attached hydrogens (primary N) is 1. The SMILES string of the molecule is Cc1nn(C)cc1C(NN)c1cc2cccc(F)c2o1. The van der Waals surface area contributed by atoms with E-state index in [4.69, 9.17) is 10.3 Å². The topological polar surface area (TPSA) is 69.0 Å². The van der Waals surface area contributed by atoms with Crippen molar-refractivity contribution in [2.24, 2.45) is 12.9 Å². The van der Waals surface area contributed by atoms with Gasteiger partial charge in [-0.2, -0.15) is 5.10 Å². The van der Waals surface area contributed by atoms with Crippen molar-refractivity contribution in [1.82, 2.24) is 15.2 Å². The number of para-hydroxylation sites is 1. The third-order valence-electron chi connectivity index (χ3n) is 3.33. The number of rotatable bonds is 3. The van der Waals surface area contributed by atoms with Crippen molar-refractivity contribution in [3.8, 4) is 0 Å². The van der Waals surface area contributed by atoms with Gasteiger partial charge in [0.2, 0.25) is 0 Å². The van der Waals surface area contributed by atoms with Crippen LogP contribution in [0.2, 0.25) is 0 Å². The standard InChI is InChI=1S/C14H15FN4O/c1-8-10(7-19(2)18-8)13(17-16)12-6-9-4-3-5-11(15)14(9)20-12/h3-7,13,17H,16H2,1-2H3. The van der Waals surface area contributed by atoms with Gasteiger partial charge in [0, 0.05) is 24.2 Å². The number of halogens is 1. The molecule has 0 bridgehead atoms. The van der Waals surface area contributed by atoms with Gasteiger partial charge in [-0.15, -0.1) is 0 Å². The van der Waals surface area contributed by atoms with E-state index < -0.39 is 0 Å². The Bertz CT molecular complexity index is 762. The molecule has 0 aliphatic rings. The number of benzene rings is 1. The van der Waals surface area contributed by atoms with E-state index >= 15 is 0 Å². The fourth-order valence-corrected chi connectivity index (χ4v) is 2.42. The molecule has 2 heterocycles. The summed E-state index contributed by atoms with van der Waals surface area (Å²) in [5.74, 6) is 5.81. The fourth-order valence-electron chi connectivity index (χ4n) is 2.42. The van der Waals surface area contributed by atoms with Gasteiger partial charge in [0.1, 0.15) is 11.8 Å². The predicted octanol–water partition coefficient (Wildman–Crippen LogP) is 2.17. The summed E-state index contributed by atoms with van der Waals surface area (Å²) >= 11 is 0. The van der Waals surface area contributed by atoms with Gasteiger partial charge in [-0.25, -0.2) is 9.82 Å². The largest absolute Gasteiger partial charge is 0.456 e. The van der Waals surface area contributed by atoms with Crippen LogP contribution in [0, 0.1) is 12.7 Å². The van der Waals surface area contributed by atoms with Crippen molar-refractivity contribution >= 4 is 11.0 Å². The zero-order valence-electron chi connectivity index (χ0n) is 11.2. The molecule has 104 valence electrons. The molecule has 3 rings (SSSR count). The van der Waals surface area contributed by atoms with Crippen LogP contribution in [0.5, 0.6) is 0 Å². The molecule has 0 saturated heterocycles. The number of nitrogens with zero attached hydrogens (tertiary/aromatic N) is 2. The van der Waals surface area contributed by atoms with Crippen LogP contribution in [0.25, 0.3) is 11.0 Å². The summed E-state index contributed by atoms with van der Waals surface area (Å²) in [5.41, 5.74) is 4.68. The summed E-state index contributed by atoms with van der Waals surface area (Å²) in [6, 6.07) is 6.24. The van der Waals surface area contributed by atoms with E-state index in [2.05, 4.69) is 10.5 Å². The lowest BCUT2D eigenvalue weighted by molar-refractivity contribution is 0.464. The number of aromatic nitrogens is 2. The molecule has 1 aromatic carbocycles. The normalized spacial score (nSPS) is 13.0. The predicted molar refractivity (Wildman–Crippen MR) is 73.3 cm³/mol. The Morgan fingerprint density at radius 3 is 2.85 bits per heavy atom. The molecule has 0 aliphatic carbocycles. The Hall–Kier alpha value is -2.18. The second-order valence-electron chi connectivity index (χ2n) is 4.75. The van der Waals surface area contributed by atoms with Crippen molar-refractivity contribution in [2.75, 3.05) is 0 Å². The minimum absolute atomic E-state index is 0.240. The van der Waals surface area contributed by atoms with E-state index in [0.29, 0.717) is 11.1 Å². The maximum atomic E-state index is 13.7. The molecular formula is C14H15FN4O. The average Bonchev–Trinajstić information content (AvgIpc) is 2.96. The van der Waals surface area contributed by atoms with Crippen LogP contribution in [0.1, 0.15) is 23.1 Å². The molecule has 3 N–H and O–H groups in total. The van der Waals surface area contributed by atoms with Crippen LogP contribution >= 0.6 is 0 Å². The molecule has 3 aromatic rings. The smallest absolute Gasteiger partial charge is 0.169 e. The molecule has 5 nitrogen and oxygen atoms in total. The minimum atomic E-state index is -0.382. The summed E-state index contributed by atoms with van der Waals surface area (Å²) < 4.78 is 21.0. The van der Waals surface area contributed by atoms with Gasteiger partial charge < -0.3 is 4.42 Å². The van der Waals surface area contributed by atoms with Gasteiger partial charge in [-0.1, -0.05) is 12.1 Å². The number of fused-ring (bicyclic) bond motifs is 1. The number of furan rings is 1. The molecule has 1 atom stereocenters. The first-order valence-corrected chi connectivity index (χ1v) is 6.24. The van der Waals surface area contributed by atoms with Crippen molar-refractivity contribution in [1.29, 1.82) is 0 Å². The first kappa shape index (κ1) is 12.8. The van der Waals surface area contributed by atoms with Crippen molar-refractivity contribution in [3.63, 3.8) is 0 Å². The Balaban J connectivity index is 2.12. The van der Waals surface area contributed by atoms with Crippen LogP contribution in [0.3, 0.4) is 0 Å². The van der Waals surface area contributed by atoms with E-state index in [-0.39, 0.29) is 17.4 Å². The van der Waals surface area contributed by atoms with E-state index in [1.807, 2.05) is 20.2 Å². The van der Waals surface area contributed by atoms with Gasteiger partial charge in [-0.05, 0) is 19.1 Å². The second-order valence-corrected chi connectivity index (χ2v) is 4.75. The number of nitrogens with one attached hydrogen (secondary N) is 1. The lowest BCUT2D eigenvalue weighted by Crippen LogP contribution is -2.28. The highest BCUT2D eigenvalue weighted by Gasteiger charge is 2.21. The first-order chi connectivity index (χ1) is 9.60. The summed E-state index contributed by atoms with van der Waals surface area (Å²) in [6.07, 6.45) is 1.86. The van der Waals surface area contributed by atoms with Gasteiger partial charge in [0.25, 0.3) is 0 Å². The molecule has 20 heavy (non-hydrogen) atoms. The number of hydrazine groups is 1. The molecule has 6 heteroatoms. The molecular weight excluding hydrogens is 259 g/mol. The Morgan fingerprint density at radius 2 is 2.25 bits per heavy atom. The van der Waals surface area contributed by atoms with Gasteiger partial charge in [0.05, 0.1) is 5.69 Å². The number of aryl methyl sites for hydroxylation is 2. The fraction of sp³-hybridized carbons (Fsp3) is 0.214. The first-order valence-electron chi connectivity index (χ1n) is 6.24. The molecule has 0 spiro atoms. The molecule has 2 aromatic heterocycles. The van der Waals surface area contributed by atoms with Crippen LogP contribution in [-0.4, -0.2) is 9.78 Å². The Morgan fingerprint density at radius 1 is 1.45 bits per heavy atom. The minimum Gasteiger partial charge on any atom is -0.456 e. The van der Waals surface area contributed by atoms with Gasteiger partial charge in [-0.3, -0.25) is 10.5 Å². The van der Waals surface area contributed by atoms with Crippen LogP contribution in [-0.2, 0) is 7.05 Å². The summed E-state index contributed by atoms with van der Waals surface area (Å²) in [6.45, 7) is 1.89. The molecule has 0 fully saturated rings. The quantitative estimate of drug-likeness (QED) is 0.567. The zero-order chi connectivity index (χ0) is 14.3. The van der Waals surface area contributed by atoms with Crippen molar-refractivity contribution in [2.45, 2.75) is 13.0 Å².